The molecule has 2 atom stereocenters. The lowest BCUT2D eigenvalue weighted by Gasteiger charge is -2.37. The molecule has 2 aliphatic rings. The van der Waals surface area contributed by atoms with E-state index in [-0.39, 0.29) is 42.8 Å². The molecule has 30 heavy (non-hydrogen) atoms. The second-order valence-corrected chi connectivity index (χ2v) is 7.24. The molecule has 0 radical (unpaired) electrons. The molecule has 2 fully saturated rings. The van der Waals surface area contributed by atoms with Crippen LogP contribution >= 0.6 is 24.0 Å². The Hall–Kier alpha value is -1.11. The van der Waals surface area contributed by atoms with E-state index in [2.05, 4.69) is 15.2 Å². The zero-order valence-electron chi connectivity index (χ0n) is 17.0. The van der Waals surface area contributed by atoms with Crippen molar-refractivity contribution in [3.05, 3.63) is 35.4 Å². The van der Waals surface area contributed by atoms with Crippen LogP contribution in [0.4, 0.5) is 13.2 Å². The highest BCUT2D eigenvalue weighted by Gasteiger charge is 2.32. The number of nitrogens with one attached hydrogen (secondary N) is 1. The van der Waals surface area contributed by atoms with Gasteiger partial charge >= 0.3 is 6.18 Å². The van der Waals surface area contributed by atoms with Crippen molar-refractivity contribution in [1.82, 2.24) is 10.2 Å². The third-order valence-electron chi connectivity index (χ3n) is 4.96. The van der Waals surface area contributed by atoms with Crippen molar-refractivity contribution in [2.75, 3.05) is 40.0 Å². The topological polar surface area (TPSA) is 55.3 Å². The Bertz CT molecular complexity index is 685. The molecule has 0 bridgehead atoms. The number of hydrogen-bond donors (Lipinski definition) is 1. The van der Waals surface area contributed by atoms with E-state index in [1.54, 1.807) is 13.1 Å². The zero-order valence-corrected chi connectivity index (χ0v) is 19.3. The predicted octanol–water partition coefficient (Wildman–Crippen LogP) is 3.34. The zero-order chi connectivity index (χ0) is 20.7. The smallest absolute Gasteiger partial charge is 0.375 e. The van der Waals surface area contributed by atoms with Gasteiger partial charge in [-0.25, -0.2) is 0 Å². The molecule has 0 spiro atoms. The molecule has 1 N–H and O–H groups in total. The van der Waals surface area contributed by atoms with Crippen LogP contribution in [0.5, 0.6) is 0 Å². The van der Waals surface area contributed by atoms with Crippen molar-refractivity contribution >= 4 is 29.9 Å². The highest BCUT2D eigenvalue weighted by Crippen LogP contribution is 2.21. The van der Waals surface area contributed by atoms with E-state index < -0.39 is 12.8 Å². The van der Waals surface area contributed by atoms with Gasteiger partial charge in [0.15, 0.2) is 5.96 Å². The normalized spacial score (nSPS) is 22.7. The Balaban J connectivity index is 0.00000320. The Kier molecular flexibility index (Phi) is 10.1. The summed E-state index contributed by atoms with van der Waals surface area (Å²) in [6, 6.07) is 7.32. The van der Waals surface area contributed by atoms with Crippen LogP contribution in [0.25, 0.3) is 0 Å². The quantitative estimate of drug-likeness (QED) is 0.339. The predicted molar refractivity (Wildman–Crippen MR) is 118 cm³/mol. The Labute approximate surface area is 192 Å². The lowest BCUT2D eigenvalue weighted by atomic mass is 10.1. The van der Waals surface area contributed by atoms with Crippen LogP contribution in [0.1, 0.15) is 24.0 Å². The highest BCUT2D eigenvalue weighted by atomic mass is 127. The molecule has 2 unspecified atom stereocenters. The van der Waals surface area contributed by atoms with Gasteiger partial charge in [-0.2, -0.15) is 13.2 Å². The summed E-state index contributed by atoms with van der Waals surface area (Å²) in [6.45, 7) is 2.07. The molecule has 2 saturated heterocycles. The van der Waals surface area contributed by atoms with Crippen molar-refractivity contribution in [2.45, 2.75) is 44.4 Å². The van der Waals surface area contributed by atoms with Crippen LogP contribution in [0.15, 0.2) is 29.3 Å². The summed E-state index contributed by atoms with van der Waals surface area (Å²) in [5, 5.41) is 3.33. The number of halogens is 4. The number of benzene rings is 1. The van der Waals surface area contributed by atoms with Crippen LogP contribution < -0.4 is 5.32 Å². The summed E-state index contributed by atoms with van der Waals surface area (Å²) in [6.07, 6.45) is -2.04. The number of hydrogen-bond acceptors (Lipinski definition) is 4. The summed E-state index contributed by atoms with van der Waals surface area (Å²) < 4.78 is 53.0. The first-order chi connectivity index (χ1) is 13.9. The molecule has 0 aliphatic carbocycles. The van der Waals surface area contributed by atoms with Crippen molar-refractivity contribution in [1.29, 1.82) is 0 Å². The summed E-state index contributed by atoms with van der Waals surface area (Å²) in [5.41, 5.74) is 1.65. The number of nitrogens with zero attached hydrogens (tertiary/aromatic N) is 2. The minimum absolute atomic E-state index is 0. The molecular weight excluding hydrogens is 514 g/mol. The fourth-order valence-corrected chi connectivity index (χ4v) is 3.62. The minimum Gasteiger partial charge on any atom is -0.375 e. The van der Waals surface area contributed by atoms with Crippen molar-refractivity contribution < 1.29 is 27.4 Å². The van der Waals surface area contributed by atoms with Gasteiger partial charge in [0.1, 0.15) is 12.7 Å². The van der Waals surface area contributed by atoms with E-state index in [1.807, 2.05) is 18.2 Å². The maximum absolute atomic E-state index is 12.2. The Morgan fingerprint density at radius 2 is 2.00 bits per heavy atom. The molecule has 1 aromatic carbocycles. The molecule has 1 aromatic rings. The Morgan fingerprint density at radius 3 is 2.70 bits per heavy atom. The minimum atomic E-state index is -4.31. The molecule has 0 aromatic heterocycles. The van der Waals surface area contributed by atoms with Gasteiger partial charge in [-0.1, -0.05) is 24.3 Å². The van der Waals surface area contributed by atoms with Gasteiger partial charge in [-0.3, -0.25) is 4.99 Å². The Morgan fingerprint density at radius 1 is 1.23 bits per heavy atom. The van der Waals surface area contributed by atoms with Gasteiger partial charge in [-0.05, 0) is 24.0 Å². The van der Waals surface area contributed by atoms with E-state index >= 15 is 0 Å². The van der Waals surface area contributed by atoms with Gasteiger partial charge in [0.2, 0.25) is 0 Å². The first-order valence-electron chi connectivity index (χ1n) is 9.86. The number of alkyl halides is 3. The SMILES string of the molecule is CN=C(NCc1cccc(COCC(F)(F)F)c1)N1CCOC(C2CCCO2)C1.I. The van der Waals surface area contributed by atoms with Crippen LogP contribution in [-0.4, -0.2) is 69.2 Å². The molecule has 0 saturated carbocycles. The average molecular weight is 543 g/mol. The van der Waals surface area contributed by atoms with Gasteiger partial charge in [0.25, 0.3) is 0 Å². The standard InChI is InChI=1S/C20H28F3N3O3.HI/c1-24-19(26-7-9-29-18(12-26)17-6-3-8-28-17)25-11-15-4-2-5-16(10-15)13-27-14-20(21,22)23;/h2,4-5,10,17-18H,3,6-9,11-14H2,1H3,(H,24,25);1H. The molecule has 6 nitrogen and oxygen atoms in total. The largest absolute Gasteiger partial charge is 0.411 e. The summed E-state index contributed by atoms with van der Waals surface area (Å²) in [5.74, 6) is 0.773. The van der Waals surface area contributed by atoms with Crippen LogP contribution in [0, 0.1) is 0 Å². The summed E-state index contributed by atoms with van der Waals surface area (Å²) in [4.78, 5) is 6.53. The third-order valence-corrected chi connectivity index (χ3v) is 4.96. The lowest BCUT2D eigenvalue weighted by molar-refractivity contribution is -0.176. The van der Waals surface area contributed by atoms with E-state index in [1.165, 1.54) is 0 Å². The van der Waals surface area contributed by atoms with Crippen molar-refractivity contribution in [2.24, 2.45) is 4.99 Å². The number of morpholine rings is 1. The van der Waals surface area contributed by atoms with Crippen LogP contribution in [0.2, 0.25) is 0 Å². The van der Waals surface area contributed by atoms with Crippen LogP contribution in [-0.2, 0) is 27.4 Å². The third kappa shape index (κ3) is 7.86. The number of aliphatic imine (C=N–C) groups is 1. The average Bonchev–Trinajstić information content (AvgIpc) is 3.23. The fourth-order valence-electron chi connectivity index (χ4n) is 3.62. The first kappa shape index (κ1) is 25.2. The molecular formula is C20H29F3IN3O3. The molecule has 0 amide bonds. The van der Waals surface area contributed by atoms with Gasteiger partial charge < -0.3 is 24.4 Å². The first-order valence-corrected chi connectivity index (χ1v) is 9.86. The van der Waals surface area contributed by atoms with E-state index in [0.717, 1.165) is 44.1 Å². The maximum Gasteiger partial charge on any atom is 0.411 e. The maximum atomic E-state index is 12.2. The van der Waals surface area contributed by atoms with Crippen LogP contribution in [0.3, 0.4) is 0 Å². The number of guanidine groups is 1. The molecule has 3 rings (SSSR count). The second kappa shape index (κ2) is 12.1. The van der Waals surface area contributed by atoms with Gasteiger partial charge in [0.05, 0.1) is 19.3 Å². The van der Waals surface area contributed by atoms with Gasteiger partial charge in [0, 0.05) is 33.3 Å². The van der Waals surface area contributed by atoms with E-state index in [9.17, 15) is 13.2 Å². The molecule has 2 heterocycles. The molecule has 10 heteroatoms. The monoisotopic (exact) mass is 543 g/mol. The number of rotatable bonds is 6. The van der Waals surface area contributed by atoms with Crippen molar-refractivity contribution in [3.8, 4) is 0 Å². The van der Waals surface area contributed by atoms with Crippen molar-refractivity contribution in [3.63, 3.8) is 0 Å². The summed E-state index contributed by atoms with van der Waals surface area (Å²) in [7, 11) is 1.74. The van der Waals surface area contributed by atoms with Gasteiger partial charge in [-0.15, -0.1) is 24.0 Å². The molecule has 170 valence electrons. The molecule has 2 aliphatic heterocycles. The van der Waals surface area contributed by atoms with E-state index in [0.29, 0.717) is 18.7 Å². The second-order valence-electron chi connectivity index (χ2n) is 7.24. The summed E-state index contributed by atoms with van der Waals surface area (Å²) >= 11 is 0. The lowest BCUT2D eigenvalue weighted by Crippen LogP contribution is -2.53. The number of ether oxygens (including phenoxy) is 3. The van der Waals surface area contributed by atoms with E-state index in [4.69, 9.17) is 14.2 Å². The highest BCUT2D eigenvalue weighted by molar-refractivity contribution is 14.0. The fraction of sp³-hybridized carbons (Fsp3) is 0.650.